The third kappa shape index (κ3) is 3.54. The number of aromatic nitrogens is 1. The van der Waals surface area contributed by atoms with Crippen molar-refractivity contribution in [2.75, 3.05) is 5.32 Å². The summed E-state index contributed by atoms with van der Waals surface area (Å²) in [4.78, 5) is 35.8. The second-order valence-electron chi connectivity index (χ2n) is 6.03. The van der Waals surface area contributed by atoms with E-state index in [1.165, 1.54) is 24.4 Å². The third-order valence-corrected chi connectivity index (χ3v) is 4.53. The highest BCUT2D eigenvalue weighted by molar-refractivity contribution is 6.31. The Morgan fingerprint density at radius 2 is 2.00 bits per heavy atom. The number of amides is 1. The van der Waals surface area contributed by atoms with E-state index < -0.39 is 16.3 Å². The minimum absolute atomic E-state index is 0.0237. The Hall–Kier alpha value is -3.19. The lowest BCUT2D eigenvalue weighted by Crippen LogP contribution is -2.24. The number of halogens is 1. The van der Waals surface area contributed by atoms with Crippen LogP contribution in [0.4, 0.5) is 11.4 Å². The first-order chi connectivity index (χ1) is 12.8. The predicted molar refractivity (Wildman–Crippen MR) is 105 cm³/mol. The zero-order valence-electron chi connectivity index (χ0n) is 14.7. The summed E-state index contributed by atoms with van der Waals surface area (Å²) in [5.41, 5.74) is 1.10. The molecule has 1 amide bonds. The normalized spacial score (nSPS) is 10.8. The topological polar surface area (TPSA) is 94.2 Å². The molecule has 8 heteroatoms. The summed E-state index contributed by atoms with van der Waals surface area (Å²) in [5, 5.41) is 14.3. The number of nitro benzene ring substituents is 1. The van der Waals surface area contributed by atoms with Gasteiger partial charge >= 0.3 is 0 Å². The van der Waals surface area contributed by atoms with E-state index in [-0.39, 0.29) is 11.3 Å². The van der Waals surface area contributed by atoms with E-state index in [1.54, 1.807) is 29.7 Å². The van der Waals surface area contributed by atoms with Crippen LogP contribution in [-0.2, 0) is 6.54 Å². The van der Waals surface area contributed by atoms with Gasteiger partial charge in [-0.15, -0.1) is 0 Å². The highest BCUT2D eigenvalue weighted by atomic mass is 35.5. The van der Waals surface area contributed by atoms with Gasteiger partial charge in [0, 0.05) is 41.0 Å². The largest absolute Gasteiger partial charge is 0.347 e. The molecule has 0 aliphatic rings. The van der Waals surface area contributed by atoms with E-state index in [0.29, 0.717) is 33.7 Å². The maximum Gasteiger partial charge on any atom is 0.269 e. The summed E-state index contributed by atoms with van der Waals surface area (Å²) >= 11 is 6.01. The Labute approximate surface area is 159 Å². The monoisotopic (exact) mass is 385 g/mol. The molecule has 1 aromatic heterocycles. The zero-order chi connectivity index (χ0) is 19.7. The molecule has 27 heavy (non-hydrogen) atoms. The van der Waals surface area contributed by atoms with Crippen molar-refractivity contribution in [1.29, 1.82) is 0 Å². The van der Waals surface area contributed by atoms with Gasteiger partial charge in [0.1, 0.15) is 5.56 Å². The second-order valence-corrected chi connectivity index (χ2v) is 6.47. The molecule has 0 bridgehead atoms. The van der Waals surface area contributed by atoms with Crippen LogP contribution in [-0.4, -0.2) is 15.4 Å². The van der Waals surface area contributed by atoms with E-state index in [0.717, 1.165) is 0 Å². The highest BCUT2D eigenvalue weighted by Gasteiger charge is 2.17. The van der Waals surface area contributed by atoms with Gasteiger partial charge in [0.25, 0.3) is 11.6 Å². The smallest absolute Gasteiger partial charge is 0.269 e. The van der Waals surface area contributed by atoms with E-state index in [4.69, 9.17) is 11.6 Å². The average molecular weight is 386 g/mol. The maximum atomic E-state index is 12.8. The molecule has 0 unspecified atom stereocenters. The number of nitrogens with one attached hydrogen (secondary N) is 1. The summed E-state index contributed by atoms with van der Waals surface area (Å²) in [6.45, 7) is 4.11. The van der Waals surface area contributed by atoms with E-state index in [9.17, 15) is 19.7 Å². The molecule has 0 spiro atoms. The molecule has 0 fully saturated rings. The SMILES string of the molecule is CCn1cc(C(=O)Nc2ccc([N+](=O)[O-])cc2C)c(=O)c2cc(Cl)ccc21. The van der Waals surface area contributed by atoms with Gasteiger partial charge in [0.15, 0.2) is 0 Å². The molecule has 3 aromatic rings. The lowest BCUT2D eigenvalue weighted by atomic mass is 10.1. The van der Waals surface area contributed by atoms with Crippen LogP contribution in [0.5, 0.6) is 0 Å². The highest BCUT2D eigenvalue weighted by Crippen LogP contribution is 2.22. The van der Waals surface area contributed by atoms with Crippen molar-refractivity contribution in [3.05, 3.63) is 79.1 Å². The van der Waals surface area contributed by atoms with Crippen molar-refractivity contribution in [1.82, 2.24) is 4.57 Å². The Balaban J connectivity index is 2.05. The van der Waals surface area contributed by atoms with Crippen LogP contribution in [0.25, 0.3) is 10.9 Å². The molecule has 0 saturated heterocycles. The quantitative estimate of drug-likeness (QED) is 0.539. The molecule has 0 aliphatic heterocycles. The summed E-state index contributed by atoms with van der Waals surface area (Å²) in [6.07, 6.45) is 1.51. The van der Waals surface area contributed by atoms with Crippen LogP contribution in [0, 0.1) is 17.0 Å². The lowest BCUT2D eigenvalue weighted by molar-refractivity contribution is -0.384. The summed E-state index contributed by atoms with van der Waals surface area (Å²) in [7, 11) is 0. The first-order valence-corrected chi connectivity index (χ1v) is 8.58. The molecule has 0 radical (unpaired) electrons. The van der Waals surface area contributed by atoms with Gasteiger partial charge in [-0.3, -0.25) is 19.7 Å². The molecule has 7 nitrogen and oxygen atoms in total. The zero-order valence-corrected chi connectivity index (χ0v) is 15.4. The Morgan fingerprint density at radius 3 is 2.63 bits per heavy atom. The van der Waals surface area contributed by atoms with E-state index in [1.807, 2.05) is 6.92 Å². The first kappa shape index (κ1) is 18.6. The fraction of sp³-hybridized carbons (Fsp3) is 0.158. The molecular formula is C19H16ClN3O4. The number of carbonyl (C=O) groups excluding carboxylic acids is 1. The minimum Gasteiger partial charge on any atom is -0.347 e. The molecule has 3 rings (SSSR count). The second kappa shape index (κ2) is 7.20. The third-order valence-electron chi connectivity index (χ3n) is 4.30. The number of rotatable bonds is 4. The Morgan fingerprint density at radius 1 is 1.26 bits per heavy atom. The van der Waals surface area contributed by atoms with Gasteiger partial charge in [-0.25, -0.2) is 0 Å². The molecule has 0 atom stereocenters. The molecule has 138 valence electrons. The van der Waals surface area contributed by atoms with Gasteiger partial charge in [0.2, 0.25) is 5.43 Å². The van der Waals surface area contributed by atoms with Gasteiger partial charge in [0.05, 0.1) is 10.4 Å². The standard InChI is InChI=1S/C19H16ClN3O4/c1-3-22-10-15(18(24)14-9-12(20)4-7-17(14)22)19(25)21-16-6-5-13(23(26)27)8-11(16)2/h4-10H,3H2,1-2H3,(H,21,25). The average Bonchev–Trinajstić information content (AvgIpc) is 2.63. The van der Waals surface area contributed by atoms with Crippen LogP contribution < -0.4 is 10.7 Å². The molecule has 0 saturated carbocycles. The van der Waals surface area contributed by atoms with Crippen LogP contribution in [0.3, 0.4) is 0 Å². The summed E-state index contributed by atoms with van der Waals surface area (Å²) in [6, 6.07) is 9.08. The Kier molecular flexibility index (Phi) is 4.96. The number of pyridine rings is 1. The van der Waals surface area contributed by atoms with Gasteiger partial charge in [-0.1, -0.05) is 11.6 Å². The van der Waals surface area contributed by atoms with Gasteiger partial charge < -0.3 is 9.88 Å². The fourth-order valence-corrected chi connectivity index (χ4v) is 3.06. The number of anilines is 1. The molecule has 1 N–H and O–H groups in total. The molecule has 1 heterocycles. The number of non-ortho nitro benzene ring substituents is 1. The van der Waals surface area contributed by atoms with E-state index in [2.05, 4.69) is 5.32 Å². The van der Waals surface area contributed by atoms with Crippen molar-refractivity contribution >= 4 is 39.8 Å². The fourth-order valence-electron chi connectivity index (χ4n) is 2.88. The lowest BCUT2D eigenvalue weighted by Gasteiger charge is -2.13. The summed E-state index contributed by atoms with van der Waals surface area (Å²) < 4.78 is 1.80. The number of carbonyl (C=O) groups is 1. The minimum atomic E-state index is -0.582. The summed E-state index contributed by atoms with van der Waals surface area (Å²) in [5.74, 6) is -0.582. The number of benzene rings is 2. The van der Waals surface area contributed by atoms with Crippen LogP contribution in [0.1, 0.15) is 22.8 Å². The van der Waals surface area contributed by atoms with Crippen LogP contribution in [0.2, 0.25) is 5.02 Å². The molecule has 0 aliphatic carbocycles. The van der Waals surface area contributed by atoms with E-state index >= 15 is 0 Å². The van der Waals surface area contributed by atoms with Crippen molar-refractivity contribution in [2.24, 2.45) is 0 Å². The maximum absolute atomic E-state index is 12.8. The molecular weight excluding hydrogens is 370 g/mol. The Bertz CT molecular complexity index is 1140. The number of fused-ring (bicyclic) bond motifs is 1. The van der Waals surface area contributed by atoms with Crippen molar-refractivity contribution in [3.63, 3.8) is 0 Å². The van der Waals surface area contributed by atoms with Crippen molar-refractivity contribution < 1.29 is 9.72 Å². The predicted octanol–water partition coefficient (Wildman–Crippen LogP) is 4.14. The first-order valence-electron chi connectivity index (χ1n) is 8.21. The van der Waals surface area contributed by atoms with Crippen LogP contribution >= 0.6 is 11.6 Å². The number of nitro groups is 1. The number of aryl methyl sites for hydroxylation is 2. The van der Waals surface area contributed by atoms with Crippen LogP contribution in [0.15, 0.2) is 47.4 Å². The van der Waals surface area contributed by atoms with Gasteiger partial charge in [-0.2, -0.15) is 0 Å². The van der Waals surface area contributed by atoms with Gasteiger partial charge in [-0.05, 0) is 43.7 Å². The van der Waals surface area contributed by atoms with Crippen molar-refractivity contribution in [3.8, 4) is 0 Å². The van der Waals surface area contributed by atoms with Crippen molar-refractivity contribution in [2.45, 2.75) is 20.4 Å². The number of nitrogens with zero attached hydrogens (tertiary/aromatic N) is 2. The number of hydrogen-bond donors (Lipinski definition) is 1. The number of hydrogen-bond acceptors (Lipinski definition) is 4. The molecule has 2 aromatic carbocycles.